The van der Waals surface area contributed by atoms with Gasteiger partial charge in [-0.15, -0.1) is 0 Å². The third kappa shape index (κ3) is 5.92. The summed E-state index contributed by atoms with van der Waals surface area (Å²) in [6.07, 6.45) is -0.656. The van der Waals surface area contributed by atoms with Crippen molar-refractivity contribution >= 4 is 29.1 Å². The molecule has 4 nitrogen and oxygen atoms in total. The first-order valence-electron chi connectivity index (χ1n) is 8.05. The Morgan fingerprint density at radius 2 is 1.84 bits per heavy atom. The fraction of sp³-hybridized carbons (Fsp3) is 0.316. The largest absolute Gasteiger partial charge is 0.481 e. The maximum atomic E-state index is 12.3. The molecule has 1 amide bonds. The average Bonchev–Trinajstić information content (AvgIpc) is 2.61. The van der Waals surface area contributed by atoms with Gasteiger partial charge in [0.15, 0.2) is 6.10 Å². The van der Waals surface area contributed by atoms with Crippen LogP contribution in [0.3, 0.4) is 0 Å². The summed E-state index contributed by atoms with van der Waals surface area (Å²) in [5, 5.41) is 3.71. The molecule has 0 saturated heterocycles. The number of carbonyl (C=O) groups is 1. The molecule has 0 saturated carbocycles. The molecule has 0 aliphatic heterocycles. The van der Waals surface area contributed by atoms with Crippen molar-refractivity contribution in [3.05, 3.63) is 63.6 Å². The zero-order valence-electron chi connectivity index (χ0n) is 14.2. The number of ether oxygens (including phenoxy) is 2. The molecule has 0 fully saturated rings. The van der Waals surface area contributed by atoms with E-state index in [0.717, 1.165) is 11.1 Å². The maximum absolute atomic E-state index is 12.3. The monoisotopic (exact) mass is 381 g/mol. The third-order valence-electron chi connectivity index (χ3n) is 3.61. The topological polar surface area (TPSA) is 47.6 Å². The first-order valence-corrected chi connectivity index (χ1v) is 8.80. The van der Waals surface area contributed by atoms with E-state index in [1.165, 1.54) is 0 Å². The Morgan fingerprint density at radius 3 is 2.52 bits per heavy atom. The molecule has 1 atom stereocenters. The van der Waals surface area contributed by atoms with Gasteiger partial charge in [-0.05, 0) is 37.1 Å². The van der Waals surface area contributed by atoms with Gasteiger partial charge in [-0.3, -0.25) is 4.79 Å². The Labute approximate surface area is 158 Å². The van der Waals surface area contributed by atoms with E-state index in [9.17, 15) is 4.79 Å². The predicted molar refractivity (Wildman–Crippen MR) is 100 cm³/mol. The van der Waals surface area contributed by atoms with E-state index in [-0.39, 0.29) is 5.91 Å². The second-order valence-corrected chi connectivity index (χ2v) is 6.27. The highest BCUT2D eigenvalue weighted by Crippen LogP contribution is 2.26. The number of halogens is 2. The molecule has 0 spiro atoms. The van der Waals surface area contributed by atoms with Crippen LogP contribution in [0.15, 0.2) is 42.5 Å². The minimum atomic E-state index is -0.656. The molecule has 1 N–H and O–H groups in total. The SMILES string of the molecule is CCOCc1ccccc1CNC(=O)C(C)Oc1ccc(Cl)c(Cl)c1. The van der Waals surface area contributed by atoms with E-state index in [4.69, 9.17) is 32.7 Å². The quantitative estimate of drug-likeness (QED) is 0.725. The van der Waals surface area contributed by atoms with E-state index < -0.39 is 6.10 Å². The fourth-order valence-corrected chi connectivity index (χ4v) is 2.50. The fourth-order valence-electron chi connectivity index (χ4n) is 2.22. The molecule has 0 aliphatic carbocycles. The zero-order valence-corrected chi connectivity index (χ0v) is 15.7. The van der Waals surface area contributed by atoms with Gasteiger partial charge in [0, 0.05) is 19.2 Å². The number of nitrogens with one attached hydrogen (secondary N) is 1. The first-order chi connectivity index (χ1) is 12.0. The number of carbonyl (C=O) groups excluding carboxylic acids is 1. The Balaban J connectivity index is 1.92. The molecule has 0 heterocycles. The summed E-state index contributed by atoms with van der Waals surface area (Å²) in [7, 11) is 0. The molecule has 0 aromatic heterocycles. The van der Waals surface area contributed by atoms with E-state index >= 15 is 0 Å². The van der Waals surface area contributed by atoms with Gasteiger partial charge in [0.05, 0.1) is 16.7 Å². The van der Waals surface area contributed by atoms with Crippen molar-refractivity contribution in [3.63, 3.8) is 0 Å². The molecular formula is C19H21Cl2NO3. The summed E-state index contributed by atoms with van der Waals surface area (Å²) in [5.41, 5.74) is 2.08. The van der Waals surface area contributed by atoms with Crippen LogP contribution < -0.4 is 10.1 Å². The lowest BCUT2D eigenvalue weighted by Crippen LogP contribution is -2.36. The molecule has 0 aliphatic rings. The second kappa shape index (κ2) is 9.66. The predicted octanol–water partition coefficient (Wildman–Crippen LogP) is 4.61. The Kier molecular flexibility index (Phi) is 7.56. The molecule has 6 heteroatoms. The summed E-state index contributed by atoms with van der Waals surface area (Å²) in [6, 6.07) is 12.8. The van der Waals surface area contributed by atoms with Gasteiger partial charge < -0.3 is 14.8 Å². The minimum Gasteiger partial charge on any atom is -0.481 e. The van der Waals surface area contributed by atoms with Crippen molar-refractivity contribution in [2.24, 2.45) is 0 Å². The maximum Gasteiger partial charge on any atom is 0.261 e. The van der Waals surface area contributed by atoms with Crippen LogP contribution in [0.2, 0.25) is 10.0 Å². The molecule has 2 rings (SSSR count). The van der Waals surface area contributed by atoms with Gasteiger partial charge >= 0.3 is 0 Å². The smallest absolute Gasteiger partial charge is 0.261 e. The zero-order chi connectivity index (χ0) is 18.2. The van der Waals surface area contributed by atoms with E-state index in [2.05, 4.69) is 5.32 Å². The molecular weight excluding hydrogens is 361 g/mol. The van der Waals surface area contributed by atoms with Crippen molar-refractivity contribution in [1.82, 2.24) is 5.32 Å². The van der Waals surface area contributed by atoms with Crippen molar-refractivity contribution < 1.29 is 14.3 Å². The second-order valence-electron chi connectivity index (χ2n) is 5.46. The highest BCUT2D eigenvalue weighted by Gasteiger charge is 2.15. The van der Waals surface area contributed by atoms with Crippen molar-refractivity contribution in [3.8, 4) is 5.75 Å². The van der Waals surface area contributed by atoms with Crippen LogP contribution in [0.5, 0.6) is 5.75 Å². The third-order valence-corrected chi connectivity index (χ3v) is 4.35. The average molecular weight is 382 g/mol. The standard InChI is InChI=1S/C19H21Cl2NO3/c1-3-24-12-15-7-5-4-6-14(15)11-22-19(23)13(2)25-16-8-9-17(20)18(21)10-16/h4-10,13H,3,11-12H2,1-2H3,(H,22,23). The molecule has 1 unspecified atom stereocenters. The minimum absolute atomic E-state index is 0.211. The van der Waals surface area contributed by atoms with Crippen molar-refractivity contribution in [1.29, 1.82) is 0 Å². The van der Waals surface area contributed by atoms with Crippen LogP contribution in [0.1, 0.15) is 25.0 Å². The van der Waals surface area contributed by atoms with Gasteiger partial charge in [-0.25, -0.2) is 0 Å². The van der Waals surface area contributed by atoms with Gasteiger partial charge in [0.2, 0.25) is 0 Å². The molecule has 25 heavy (non-hydrogen) atoms. The lowest BCUT2D eigenvalue weighted by molar-refractivity contribution is -0.127. The lowest BCUT2D eigenvalue weighted by Gasteiger charge is -2.16. The van der Waals surface area contributed by atoms with Gasteiger partial charge in [-0.2, -0.15) is 0 Å². The van der Waals surface area contributed by atoms with E-state index in [1.807, 2.05) is 31.2 Å². The Morgan fingerprint density at radius 1 is 1.12 bits per heavy atom. The number of rotatable bonds is 8. The summed E-state index contributed by atoms with van der Waals surface area (Å²) >= 11 is 11.8. The summed E-state index contributed by atoms with van der Waals surface area (Å²) < 4.78 is 11.1. The summed E-state index contributed by atoms with van der Waals surface area (Å²) in [5.74, 6) is 0.283. The van der Waals surface area contributed by atoms with Gasteiger partial charge in [-0.1, -0.05) is 47.5 Å². The highest BCUT2D eigenvalue weighted by atomic mass is 35.5. The molecule has 134 valence electrons. The number of hydrogen-bond donors (Lipinski definition) is 1. The first kappa shape index (κ1) is 19.6. The van der Waals surface area contributed by atoms with Gasteiger partial charge in [0.25, 0.3) is 5.91 Å². The number of amides is 1. The van der Waals surface area contributed by atoms with Gasteiger partial charge in [0.1, 0.15) is 5.75 Å². The van der Waals surface area contributed by atoms with Crippen LogP contribution in [0.25, 0.3) is 0 Å². The Hall–Kier alpha value is -1.75. The van der Waals surface area contributed by atoms with E-state index in [0.29, 0.717) is 35.6 Å². The van der Waals surface area contributed by atoms with E-state index in [1.54, 1.807) is 25.1 Å². The Bertz CT molecular complexity index is 722. The number of benzene rings is 2. The molecule has 0 radical (unpaired) electrons. The highest BCUT2D eigenvalue weighted by molar-refractivity contribution is 6.42. The molecule has 2 aromatic carbocycles. The number of hydrogen-bond acceptors (Lipinski definition) is 3. The summed E-state index contributed by atoms with van der Waals surface area (Å²) in [6.45, 7) is 5.22. The van der Waals surface area contributed by atoms with Crippen LogP contribution in [0.4, 0.5) is 0 Å². The van der Waals surface area contributed by atoms with Crippen LogP contribution in [-0.2, 0) is 22.7 Å². The molecule has 2 aromatic rings. The van der Waals surface area contributed by atoms with Crippen molar-refractivity contribution in [2.45, 2.75) is 33.1 Å². The van der Waals surface area contributed by atoms with Crippen LogP contribution >= 0.6 is 23.2 Å². The molecule has 0 bridgehead atoms. The van der Waals surface area contributed by atoms with Crippen molar-refractivity contribution in [2.75, 3.05) is 6.61 Å². The normalized spacial score (nSPS) is 11.8. The van der Waals surface area contributed by atoms with Crippen LogP contribution in [0, 0.1) is 0 Å². The lowest BCUT2D eigenvalue weighted by atomic mass is 10.1. The van der Waals surface area contributed by atoms with Crippen LogP contribution in [-0.4, -0.2) is 18.6 Å². The summed E-state index contributed by atoms with van der Waals surface area (Å²) in [4.78, 5) is 12.3.